The molecule has 1 aliphatic carbocycles. The van der Waals surface area contributed by atoms with E-state index >= 15 is 0 Å². The van der Waals surface area contributed by atoms with Crippen LogP contribution >= 0.6 is 0 Å². The number of fused-ring (bicyclic) bond motifs is 1. The van der Waals surface area contributed by atoms with E-state index in [1.54, 1.807) is 6.92 Å². The van der Waals surface area contributed by atoms with Gasteiger partial charge in [-0.2, -0.15) is 10.1 Å². The highest BCUT2D eigenvalue weighted by Crippen LogP contribution is 2.40. The Kier molecular flexibility index (Phi) is 5.26. The van der Waals surface area contributed by atoms with E-state index in [-0.39, 0.29) is 5.69 Å². The SMILES string of the molecule is Cc1nc(N)c2c(n1)OC(C)(C)C(c1ccc([C@H]3CC[C@H](Cc4n[nH]c(=O)[nH]4)CC3)cc1)=N2. The van der Waals surface area contributed by atoms with Gasteiger partial charge in [-0.25, -0.2) is 19.9 Å². The first-order valence-electron chi connectivity index (χ1n) is 11.4. The molecule has 2 aromatic heterocycles. The van der Waals surface area contributed by atoms with Gasteiger partial charge in [0.2, 0.25) is 5.88 Å². The molecule has 1 saturated carbocycles. The van der Waals surface area contributed by atoms with Crippen molar-refractivity contribution in [3.63, 3.8) is 0 Å². The highest BCUT2D eigenvalue weighted by atomic mass is 16.5. The van der Waals surface area contributed by atoms with Gasteiger partial charge in [-0.3, -0.25) is 4.98 Å². The third kappa shape index (κ3) is 4.27. The number of rotatable bonds is 4. The molecular formula is C24H29N7O2. The summed E-state index contributed by atoms with van der Waals surface area (Å²) < 4.78 is 6.17. The maximum absolute atomic E-state index is 11.2. The molecule has 0 bridgehead atoms. The molecule has 9 heteroatoms. The highest BCUT2D eigenvalue weighted by molar-refractivity contribution is 6.09. The average molecular weight is 448 g/mol. The zero-order valence-corrected chi connectivity index (χ0v) is 19.2. The zero-order chi connectivity index (χ0) is 23.2. The lowest BCUT2D eigenvalue weighted by atomic mass is 9.77. The van der Waals surface area contributed by atoms with E-state index in [0.717, 1.165) is 49.2 Å². The van der Waals surface area contributed by atoms with E-state index in [1.165, 1.54) is 5.56 Å². The number of aromatic nitrogens is 5. The molecule has 0 spiro atoms. The number of aryl methyl sites for hydroxylation is 1. The van der Waals surface area contributed by atoms with Crippen molar-refractivity contribution in [3.05, 3.63) is 57.5 Å². The van der Waals surface area contributed by atoms with E-state index in [1.807, 2.05) is 13.8 Å². The summed E-state index contributed by atoms with van der Waals surface area (Å²) in [7, 11) is 0. The standard InChI is InChI=1S/C24H29N7O2/c1-13-26-21(25)19-22(27-13)33-24(2,3)20(29-19)17-10-8-16(9-11-17)15-6-4-14(5-7-15)12-18-28-23(32)31-30-18/h8-11,14-15H,4-7,12H2,1-3H3,(H2,25,26,27)(H2,28,30,31,32)/t14-,15-. The molecule has 172 valence electrons. The molecule has 4 N–H and O–H groups in total. The average Bonchev–Trinajstić information content (AvgIpc) is 3.18. The first-order valence-corrected chi connectivity index (χ1v) is 11.4. The molecule has 0 atom stereocenters. The second kappa shape index (κ2) is 8.13. The molecule has 0 unspecified atom stereocenters. The predicted molar refractivity (Wildman–Crippen MR) is 126 cm³/mol. The molecule has 1 aliphatic heterocycles. The number of benzene rings is 1. The van der Waals surface area contributed by atoms with Crippen LogP contribution in [0.5, 0.6) is 5.88 Å². The number of nitrogens with two attached hydrogens (primary N) is 1. The Morgan fingerprint density at radius 2 is 1.85 bits per heavy atom. The number of nitrogens with zero attached hydrogens (tertiary/aromatic N) is 4. The lowest BCUT2D eigenvalue weighted by molar-refractivity contribution is 0.171. The van der Waals surface area contributed by atoms with E-state index in [9.17, 15) is 4.79 Å². The van der Waals surface area contributed by atoms with E-state index in [0.29, 0.717) is 35.0 Å². The minimum atomic E-state index is -0.632. The summed E-state index contributed by atoms with van der Waals surface area (Å²) in [6, 6.07) is 8.65. The van der Waals surface area contributed by atoms with Crippen molar-refractivity contribution in [2.75, 3.05) is 5.73 Å². The molecule has 33 heavy (non-hydrogen) atoms. The van der Waals surface area contributed by atoms with Crippen molar-refractivity contribution in [3.8, 4) is 5.88 Å². The third-order valence-electron chi connectivity index (χ3n) is 6.67. The zero-order valence-electron chi connectivity index (χ0n) is 19.2. The first-order chi connectivity index (χ1) is 15.8. The Bertz CT molecular complexity index is 1250. The molecule has 2 aliphatic rings. The second-order valence-electron chi connectivity index (χ2n) is 9.55. The van der Waals surface area contributed by atoms with Crippen LogP contribution in [0.2, 0.25) is 0 Å². The second-order valence-corrected chi connectivity index (χ2v) is 9.55. The monoisotopic (exact) mass is 447 g/mol. The van der Waals surface area contributed by atoms with Crippen LogP contribution < -0.4 is 16.2 Å². The molecule has 3 aromatic rings. The van der Waals surface area contributed by atoms with Crippen molar-refractivity contribution in [2.24, 2.45) is 10.9 Å². The predicted octanol–water partition coefficient (Wildman–Crippen LogP) is 3.59. The van der Waals surface area contributed by atoms with Crippen molar-refractivity contribution in [2.45, 2.75) is 64.4 Å². The third-order valence-corrected chi connectivity index (χ3v) is 6.67. The summed E-state index contributed by atoms with van der Waals surface area (Å²) in [4.78, 5) is 27.4. The van der Waals surface area contributed by atoms with Gasteiger partial charge in [0.25, 0.3) is 0 Å². The molecule has 9 nitrogen and oxygen atoms in total. The number of aliphatic imine (C=N–C) groups is 1. The van der Waals surface area contributed by atoms with E-state index in [2.05, 4.69) is 49.4 Å². The van der Waals surface area contributed by atoms with Crippen molar-refractivity contribution < 1.29 is 4.74 Å². The Morgan fingerprint density at radius 1 is 1.12 bits per heavy atom. The quantitative estimate of drug-likeness (QED) is 0.559. The summed E-state index contributed by atoms with van der Waals surface area (Å²) in [6.07, 6.45) is 5.35. The van der Waals surface area contributed by atoms with Crippen LogP contribution in [0.15, 0.2) is 34.1 Å². The lowest BCUT2D eigenvalue weighted by Gasteiger charge is -2.32. The molecule has 0 saturated heterocycles. The topological polar surface area (TPSA) is 135 Å². The number of nitrogen functional groups attached to an aromatic ring is 1. The van der Waals surface area contributed by atoms with Gasteiger partial charge in [-0.1, -0.05) is 24.3 Å². The van der Waals surface area contributed by atoms with E-state index in [4.69, 9.17) is 15.5 Å². The highest BCUT2D eigenvalue weighted by Gasteiger charge is 2.35. The molecule has 0 radical (unpaired) electrons. The van der Waals surface area contributed by atoms with Crippen LogP contribution in [-0.4, -0.2) is 36.5 Å². The van der Waals surface area contributed by atoms with E-state index < -0.39 is 5.60 Å². The summed E-state index contributed by atoms with van der Waals surface area (Å²) >= 11 is 0. The first kappa shape index (κ1) is 21.4. The summed E-state index contributed by atoms with van der Waals surface area (Å²) in [5.41, 5.74) is 8.89. The normalized spacial score (nSPS) is 21.7. The van der Waals surface area contributed by atoms with Crippen LogP contribution in [0.3, 0.4) is 0 Å². The van der Waals surface area contributed by atoms with Crippen LogP contribution in [-0.2, 0) is 6.42 Å². The number of hydrogen-bond donors (Lipinski definition) is 3. The Morgan fingerprint density at radius 3 is 2.52 bits per heavy atom. The smallest absolute Gasteiger partial charge is 0.340 e. The summed E-state index contributed by atoms with van der Waals surface area (Å²) in [6.45, 7) is 5.77. The van der Waals surface area contributed by atoms with Gasteiger partial charge >= 0.3 is 5.69 Å². The van der Waals surface area contributed by atoms with Gasteiger partial charge in [0, 0.05) is 12.0 Å². The molecule has 3 heterocycles. The van der Waals surface area contributed by atoms with Gasteiger partial charge in [0.05, 0.1) is 5.71 Å². The minimum Gasteiger partial charge on any atom is -0.463 e. The Labute approximate surface area is 191 Å². The van der Waals surface area contributed by atoms with Gasteiger partial charge < -0.3 is 10.5 Å². The van der Waals surface area contributed by atoms with Gasteiger partial charge in [-0.05, 0) is 63.9 Å². The van der Waals surface area contributed by atoms with Crippen LogP contribution in [0, 0.1) is 12.8 Å². The minimum absolute atomic E-state index is 0.233. The number of anilines is 1. The molecular weight excluding hydrogens is 418 g/mol. The number of hydrogen-bond acceptors (Lipinski definition) is 7. The van der Waals surface area contributed by atoms with Gasteiger partial charge in [0.15, 0.2) is 11.5 Å². The fourth-order valence-electron chi connectivity index (χ4n) is 4.97. The number of H-pyrrole nitrogens is 2. The van der Waals surface area contributed by atoms with Gasteiger partial charge in [0.1, 0.15) is 17.2 Å². The fourth-order valence-corrected chi connectivity index (χ4v) is 4.97. The van der Waals surface area contributed by atoms with Crippen molar-refractivity contribution in [1.82, 2.24) is 25.1 Å². The molecule has 0 amide bonds. The molecule has 1 aromatic carbocycles. The largest absolute Gasteiger partial charge is 0.463 e. The molecule has 5 rings (SSSR count). The summed E-state index contributed by atoms with van der Waals surface area (Å²) in [5.74, 6) is 3.19. The maximum Gasteiger partial charge on any atom is 0.340 e. The van der Waals surface area contributed by atoms with Crippen LogP contribution in [0.4, 0.5) is 11.5 Å². The molecule has 1 fully saturated rings. The maximum atomic E-state index is 11.2. The van der Waals surface area contributed by atoms with Gasteiger partial charge in [-0.15, -0.1) is 0 Å². The Balaban J connectivity index is 1.30. The fraction of sp³-hybridized carbons (Fsp3) is 0.458. The Hall–Kier alpha value is -3.49. The van der Waals surface area contributed by atoms with Crippen LogP contribution in [0.25, 0.3) is 0 Å². The number of nitrogens with one attached hydrogen (secondary N) is 2. The number of ether oxygens (including phenoxy) is 1. The number of aromatic amines is 2. The summed E-state index contributed by atoms with van der Waals surface area (Å²) in [5, 5.41) is 6.49. The lowest BCUT2D eigenvalue weighted by Crippen LogP contribution is -2.41. The van der Waals surface area contributed by atoms with Crippen molar-refractivity contribution in [1.29, 1.82) is 0 Å². The van der Waals surface area contributed by atoms with Crippen molar-refractivity contribution >= 4 is 17.2 Å². The van der Waals surface area contributed by atoms with Crippen LogP contribution in [0.1, 0.15) is 68.2 Å².